The summed E-state index contributed by atoms with van der Waals surface area (Å²) < 4.78 is 13.1. The SMILES string of the molecule is CN1CCN(c2ccc3c(c2)[C@H](NC(=O)c2ccc(F)cc2)[C@@H](O)C3)CC1. The summed E-state index contributed by atoms with van der Waals surface area (Å²) in [7, 11) is 2.12. The van der Waals surface area contributed by atoms with Crippen LogP contribution < -0.4 is 10.2 Å². The molecule has 1 aliphatic carbocycles. The van der Waals surface area contributed by atoms with E-state index in [1.54, 1.807) is 0 Å². The first-order chi connectivity index (χ1) is 13.0. The number of hydrogen-bond donors (Lipinski definition) is 2. The van der Waals surface area contributed by atoms with Crippen molar-refractivity contribution in [1.82, 2.24) is 10.2 Å². The average Bonchev–Trinajstić information content (AvgIpc) is 2.97. The molecule has 27 heavy (non-hydrogen) atoms. The van der Waals surface area contributed by atoms with Crippen molar-refractivity contribution in [2.24, 2.45) is 0 Å². The van der Waals surface area contributed by atoms with Gasteiger partial charge < -0.3 is 20.2 Å². The average molecular weight is 369 g/mol. The standard InChI is InChI=1S/C21H24FN3O2/c1-24-8-10-25(11-9-24)17-7-4-15-12-19(26)20(18(15)13-17)23-21(27)14-2-5-16(22)6-3-14/h2-7,13,19-20,26H,8-12H2,1H3,(H,23,27)/t19-,20-/m0/s1. The molecule has 0 spiro atoms. The van der Waals surface area contributed by atoms with Crippen molar-refractivity contribution in [3.63, 3.8) is 0 Å². The first kappa shape index (κ1) is 17.9. The number of amides is 1. The van der Waals surface area contributed by atoms with Crippen LogP contribution in [0.5, 0.6) is 0 Å². The van der Waals surface area contributed by atoms with Crippen LogP contribution in [0.25, 0.3) is 0 Å². The molecule has 0 unspecified atom stereocenters. The van der Waals surface area contributed by atoms with E-state index in [9.17, 15) is 14.3 Å². The van der Waals surface area contributed by atoms with Gasteiger partial charge in [0.2, 0.25) is 0 Å². The van der Waals surface area contributed by atoms with Crippen molar-refractivity contribution in [2.75, 3.05) is 38.1 Å². The van der Waals surface area contributed by atoms with Crippen LogP contribution in [0, 0.1) is 5.82 Å². The van der Waals surface area contributed by atoms with Gasteiger partial charge in [-0.1, -0.05) is 6.07 Å². The van der Waals surface area contributed by atoms with Crippen LogP contribution in [0.1, 0.15) is 27.5 Å². The lowest BCUT2D eigenvalue weighted by Crippen LogP contribution is -2.44. The predicted molar refractivity (Wildman–Crippen MR) is 102 cm³/mol. The molecule has 1 saturated heterocycles. The number of rotatable bonds is 3. The van der Waals surface area contributed by atoms with Gasteiger partial charge in [0.25, 0.3) is 5.91 Å². The lowest BCUT2D eigenvalue weighted by atomic mass is 10.0. The van der Waals surface area contributed by atoms with E-state index in [1.165, 1.54) is 24.3 Å². The highest BCUT2D eigenvalue weighted by Crippen LogP contribution is 2.35. The van der Waals surface area contributed by atoms with E-state index < -0.39 is 12.1 Å². The molecule has 2 aliphatic rings. The van der Waals surface area contributed by atoms with Crippen LogP contribution in [-0.2, 0) is 6.42 Å². The summed E-state index contributed by atoms with van der Waals surface area (Å²) in [5.41, 5.74) is 3.53. The summed E-state index contributed by atoms with van der Waals surface area (Å²) in [5, 5.41) is 13.4. The normalized spacial score (nSPS) is 22.6. The van der Waals surface area contributed by atoms with E-state index in [-0.39, 0.29) is 11.7 Å². The van der Waals surface area contributed by atoms with E-state index in [0.717, 1.165) is 43.0 Å². The zero-order valence-corrected chi connectivity index (χ0v) is 15.4. The van der Waals surface area contributed by atoms with Crippen LogP contribution in [0.15, 0.2) is 42.5 Å². The van der Waals surface area contributed by atoms with Gasteiger partial charge in [0.05, 0.1) is 12.1 Å². The number of aliphatic hydroxyl groups is 1. The van der Waals surface area contributed by atoms with E-state index in [0.29, 0.717) is 12.0 Å². The van der Waals surface area contributed by atoms with Gasteiger partial charge in [-0.05, 0) is 54.6 Å². The van der Waals surface area contributed by atoms with Gasteiger partial charge >= 0.3 is 0 Å². The van der Waals surface area contributed by atoms with Gasteiger partial charge in [0.15, 0.2) is 0 Å². The molecular weight excluding hydrogens is 345 g/mol. The molecule has 2 N–H and O–H groups in total. The fraction of sp³-hybridized carbons (Fsp3) is 0.381. The van der Waals surface area contributed by atoms with Crippen molar-refractivity contribution < 1.29 is 14.3 Å². The summed E-state index contributed by atoms with van der Waals surface area (Å²) in [6.07, 6.45) is -0.140. The zero-order chi connectivity index (χ0) is 19.0. The molecule has 6 heteroatoms. The number of benzene rings is 2. The molecule has 0 saturated carbocycles. The topological polar surface area (TPSA) is 55.8 Å². The molecule has 0 bridgehead atoms. The summed E-state index contributed by atoms with van der Waals surface area (Å²) in [6, 6.07) is 11.2. The number of halogens is 1. The van der Waals surface area contributed by atoms with Crippen molar-refractivity contribution in [3.8, 4) is 0 Å². The first-order valence-corrected chi connectivity index (χ1v) is 9.32. The fourth-order valence-corrected chi connectivity index (χ4v) is 3.87. The summed E-state index contributed by atoms with van der Waals surface area (Å²) in [6.45, 7) is 3.96. The summed E-state index contributed by atoms with van der Waals surface area (Å²) >= 11 is 0. The van der Waals surface area contributed by atoms with Crippen molar-refractivity contribution in [2.45, 2.75) is 18.6 Å². The van der Waals surface area contributed by atoms with Crippen molar-refractivity contribution in [3.05, 3.63) is 65.0 Å². The smallest absolute Gasteiger partial charge is 0.251 e. The highest BCUT2D eigenvalue weighted by atomic mass is 19.1. The van der Waals surface area contributed by atoms with Gasteiger partial charge in [0, 0.05) is 43.9 Å². The van der Waals surface area contributed by atoms with Gasteiger partial charge in [-0.2, -0.15) is 0 Å². The van der Waals surface area contributed by atoms with E-state index >= 15 is 0 Å². The number of nitrogens with zero attached hydrogens (tertiary/aromatic N) is 2. The lowest BCUT2D eigenvalue weighted by molar-refractivity contribution is 0.0858. The van der Waals surface area contributed by atoms with E-state index in [1.807, 2.05) is 0 Å². The number of piperazine rings is 1. The lowest BCUT2D eigenvalue weighted by Gasteiger charge is -2.34. The Morgan fingerprint density at radius 3 is 2.52 bits per heavy atom. The molecule has 4 rings (SSSR count). The van der Waals surface area contributed by atoms with Crippen LogP contribution in [0.4, 0.5) is 10.1 Å². The molecule has 2 aromatic carbocycles. The Morgan fingerprint density at radius 2 is 1.81 bits per heavy atom. The molecule has 1 aliphatic heterocycles. The monoisotopic (exact) mass is 369 g/mol. The number of hydrogen-bond acceptors (Lipinski definition) is 4. The minimum atomic E-state index is -0.660. The molecule has 142 valence electrons. The van der Waals surface area contributed by atoms with E-state index in [2.05, 4.69) is 40.4 Å². The Kier molecular flexibility index (Phi) is 4.85. The summed E-state index contributed by atoms with van der Waals surface area (Å²) in [5.74, 6) is -0.688. The van der Waals surface area contributed by atoms with Gasteiger partial charge in [-0.15, -0.1) is 0 Å². The number of nitrogens with one attached hydrogen (secondary N) is 1. The predicted octanol–water partition coefficient (Wildman–Crippen LogP) is 1.97. The Balaban J connectivity index is 1.54. The molecule has 2 atom stereocenters. The highest BCUT2D eigenvalue weighted by molar-refractivity contribution is 5.94. The van der Waals surface area contributed by atoms with Gasteiger partial charge in [-0.3, -0.25) is 4.79 Å². The third-order valence-corrected chi connectivity index (χ3v) is 5.54. The number of fused-ring (bicyclic) bond motifs is 1. The maximum atomic E-state index is 13.1. The van der Waals surface area contributed by atoms with Gasteiger partial charge in [-0.25, -0.2) is 4.39 Å². The Bertz CT molecular complexity index is 832. The van der Waals surface area contributed by atoms with Crippen LogP contribution >= 0.6 is 0 Å². The summed E-state index contributed by atoms with van der Waals surface area (Å²) in [4.78, 5) is 17.2. The highest BCUT2D eigenvalue weighted by Gasteiger charge is 2.33. The second-order valence-corrected chi connectivity index (χ2v) is 7.40. The number of carbonyl (C=O) groups is 1. The first-order valence-electron chi connectivity index (χ1n) is 9.32. The minimum absolute atomic E-state index is 0.308. The quantitative estimate of drug-likeness (QED) is 0.869. The zero-order valence-electron chi connectivity index (χ0n) is 15.4. The Morgan fingerprint density at radius 1 is 1.11 bits per heavy atom. The Labute approximate surface area is 158 Å². The molecule has 2 aromatic rings. The number of likely N-dealkylation sites (N-methyl/N-ethyl adjacent to an activating group) is 1. The fourth-order valence-electron chi connectivity index (χ4n) is 3.87. The molecule has 1 amide bonds. The van der Waals surface area contributed by atoms with Crippen LogP contribution in [-0.4, -0.2) is 55.2 Å². The number of carbonyl (C=O) groups excluding carboxylic acids is 1. The molecular formula is C21H24FN3O2. The third-order valence-electron chi connectivity index (χ3n) is 5.54. The largest absolute Gasteiger partial charge is 0.390 e. The second kappa shape index (κ2) is 7.29. The molecule has 0 radical (unpaired) electrons. The van der Waals surface area contributed by atoms with Crippen molar-refractivity contribution >= 4 is 11.6 Å². The number of aliphatic hydroxyl groups excluding tert-OH is 1. The third kappa shape index (κ3) is 3.68. The van der Waals surface area contributed by atoms with Gasteiger partial charge in [0.1, 0.15) is 5.82 Å². The maximum Gasteiger partial charge on any atom is 0.251 e. The molecule has 1 fully saturated rings. The minimum Gasteiger partial charge on any atom is -0.390 e. The molecule has 1 heterocycles. The molecule has 0 aromatic heterocycles. The number of anilines is 1. The van der Waals surface area contributed by atoms with Crippen LogP contribution in [0.2, 0.25) is 0 Å². The maximum absolute atomic E-state index is 13.1. The van der Waals surface area contributed by atoms with Crippen molar-refractivity contribution in [1.29, 1.82) is 0 Å². The second-order valence-electron chi connectivity index (χ2n) is 7.40. The Hall–Kier alpha value is -2.44. The molecule has 5 nitrogen and oxygen atoms in total. The van der Waals surface area contributed by atoms with Crippen LogP contribution in [0.3, 0.4) is 0 Å². The van der Waals surface area contributed by atoms with E-state index in [4.69, 9.17) is 0 Å².